The second-order valence-electron chi connectivity index (χ2n) is 6.39. The van der Waals surface area contributed by atoms with Gasteiger partial charge < -0.3 is 19.9 Å². The number of nitrogens with zero attached hydrogens (tertiary/aromatic N) is 2. The number of alkyl halides is 2. The van der Waals surface area contributed by atoms with Gasteiger partial charge in [0, 0.05) is 12.6 Å². The first-order chi connectivity index (χ1) is 11.0. The Morgan fingerprint density at radius 1 is 1.54 bits per heavy atom. The number of nitrogen functional groups attached to an aromatic ring is 1. The van der Waals surface area contributed by atoms with Crippen molar-refractivity contribution in [3.8, 4) is 0 Å². The number of rotatable bonds is 3. The summed E-state index contributed by atoms with van der Waals surface area (Å²) in [5.41, 5.74) is 3.62. The predicted molar refractivity (Wildman–Crippen MR) is 78.6 cm³/mol. The minimum atomic E-state index is -3.33. The van der Waals surface area contributed by atoms with E-state index in [2.05, 4.69) is 4.98 Å². The fourth-order valence-corrected chi connectivity index (χ4v) is 2.15. The highest BCUT2D eigenvalue weighted by molar-refractivity contribution is 5.60. The molecule has 2 N–H and O–H groups in total. The van der Waals surface area contributed by atoms with E-state index >= 15 is 0 Å². The van der Waals surface area contributed by atoms with Crippen molar-refractivity contribution >= 4 is 12.0 Å². The van der Waals surface area contributed by atoms with Crippen molar-refractivity contribution in [3.63, 3.8) is 0 Å². The van der Waals surface area contributed by atoms with Gasteiger partial charge in [0.1, 0.15) is 24.1 Å². The molecule has 0 spiro atoms. The number of anilines is 1. The molecule has 0 saturated carbocycles. The molecule has 8 nitrogen and oxygen atoms in total. The Labute approximate surface area is 136 Å². The van der Waals surface area contributed by atoms with E-state index < -0.39 is 48.7 Å². The average molecular weight is 347 g/mol. The van der Waals surface area contributed by atoms with Crippen molar-refractivity contribution in [2.45, 2.75) is 51.0 Å². The molecule has 2 atom stereocenters. The minimum absolute atomic E-state index is 0.0811. The van der Waals surface area contributed by atoms with Crippen molar-refractivity contribution in [3.05, 3.63) is 22.7 Å². The van der Waals surface area contributed by atoms with Crippen LogP contribution in [-0.2, 0) is 14.2 Å². The maximum atomic E-state index is 14.1. The fraction of sp³-hybridized carbons (Fsp3) is 0.643. The lowest BCUT2D eigenvalue weighted by Gasteiger charge is -2.20. The SMILES string of the molecule is CC(C)(C)OC(=O)OCC1CC(F)(F)C(n2ccc(N)nc2=O)O1. The third-order valence-corrected chi connectivity index (χ3v) is 3.06. The van der Waals surface area contributed by atoms with Crippen LogP contribution in [0.25, 0.3) is 0 Å². The van der Waals surface area contributed by atoms with Gasteiger partial charge in [0.2, 0.25) is 6.23 Å². The smallest absolute Gasteiger partial charge is 0.432 e. The molecule has 1 saturated heterocycles. The molecule has 0 aliphatic carbocycles. The third kappa shape index (κ3) is 4.40. The molecule has 0 amide bonds. The van der Waals surface area contributed by atoms with Gasteiger partial charge in [-0.05, 0) is 26.8 Å². The topological polar surface area (TPSA) is 106 Å². The van der Waals surface area contributed by atoms with Crippen molar-refractivity contribution in [2.75, 3.05) is 12.3 Å². The number of hydrogen-bond acceptors (Lipinski definition) is 7. The molecule has 1 aliphatic heterocycles. The van der Waals surface area contributed by atoms with Crippen molar-refractivity contribution < 1.29 is 27.8 Å². The molecule has 1 fully saturated rings. The number of halogens is 2. The maximum absolute atomic E-state index is 14.1. The van der Waals surface area contributed by atoms with E-state index in [0.29, 0.717) is 4.57 Å². The minimum Gasteiger partial charge on any atom is -0.432 e. The van der Waals surface area contributed by atoms with Crippen molar-refractivity contribution in [1.82, 2.24) is 9.55 Å². The van der Waals surface area contributed by atoms with Crippen LogP contribution in [0.4, 0.5) is 19.4 Å². The summed E-state index contributed by atoms with van der Waals surface area (Å²) in [5.74, 6) is -3.41. The second-order valence-corrected chi connectivity index (χ2v) is 6.39. The van der Waals surface area contributed by atoms with E-state index in [-0.39, 0.29) is 5.82 Å². The average Bonchev–Trinajstić information content (AvgIpc) is 2.70. The Morgan fingerprint density at radius 2 is 2.21 bits per heavy atom. The first kappa shape index (κ1) is 18.1. The van der Waals surface area contributed by atoms with Gasteiger partial charge in [-0.15, -0.1) is 0 Å². The zero-order valence-electron chi connectivity index (χ0n) is 13.5. The summed E-state index contributed by atoms with van der Waals surface area (Å²) in [6, 6.07) is 1.21. The Bertz CT molecular complexity index is 671. The zero-order valence-corrected chi connectivity index (χ0v) is 13.5. The third-order valence-electron chi connectivity index (χ3n) is 3.06. The van der Waals surface area contributed by atoms with Crippen molar-refractivity contribution in [1.29, 1.82) is 0 Å². The molecule has 0 aromatic carbocycles. The van der Waals surface area contributed by atoms with Gasteiger partial charge >= 0.3 is 11.8 Å². The predicted octanol–water partition coefficient (Wildman–Crippen LogP) is 1.70. The quantitative estimate of drug-likeness (QED) is 0.830. The second kappa shape index (κ2) is 6.34. The van der Waals surface area contributed by atoms with Crippen LogP contribution in [0.3, 0.4) is 0 Å². The van der Waals surface area contributed by atoms with E-state index in [9.17, 15) is 18.4 Å². The summed E-state index contributed by atoms with van der Waals surface area (Å²) < 4.78 is 43.7. The first-order valence-electron chi connectivity index (χ1n) is 7.22. The zero-order chi connectivity index (χ0) is 18.1. The molecule has 24 heavy (non-hydrogen) atoms. The van der Waals surface area contributed by atoms with E-state index in [1.165, 1.54) is 6.07 Å². The highest BCUT2D eigenvalue weighted by Crippen LogP contribution is 2.41. The Morgan fingerprint density at radius 3 is 2.79 bits per heavy atom. The maximum Gasteiger partial charge on any atom is 0.508 e. The largest absolute Gasteiger partial charge is 0.508 e. The summed E-state index contributed by atoms with van der Waals surface area (Å²) >= 11 is 0. The Kier molecular flexibility index (Phi) is 4.79. The lowest BCUT2D eigenvalue weighted by molar-refractivity contribution is -0.122. The molecule has 134 valence electrons. The van der Waals surface area contributed by atoms with E-state index in [0.717, 1.165) is 6.20 Å². The molecular weight excluding hydrogens is 328 g/mol. The summed E-state index contributed by atoms with van der Waals surface area (Å²) in [5, 5.41) is 0. The number of hydrogen-bond donors (Lipinski definition) is 1. The van der Waals surface area contributed by atoms with Crippen LogP contribution < -0.4 is 11.4 Å². The monoisotopic (exact) mass is 347 g/mol. The Balaban J connectivity index is 2.02. The first-order valence-corrected chi connectivity index (χ1v) is 7.22. The van der Waals surface area contributed by atoms with E-state index in [1.54, 1.807) is 20.8 Å². The summed E-state index contributed by atoms with van der Waals surface area (Å²) in [6.45, 7) is 4.51. The van der Waals surface area contributed by atoms with Crippen LogP contribution in [0.5, 0.6) is 0 Å². The number of aromatic nitrogens is 2. The highest BCUT2D eigenvalue weighted by atomic mass is 19.3. The van der Waals surface area contributed by atoms with Crippen LogP contribution in [0.1, 0.15) is 33.4 Å². The van der Waals surface area contributed by atoms with Crippen molar-refractivity contribution in [2.24, 2.45) is 0 Å². The normalized spacial score (nSPS) is 23.0. The van der Waals surface area contributed by atoms with Crippen LogP contribution in [0.15, 0.2) is 17.1 Å². The van der Waals surface area contributed by atoms with Gasteiger partial charge in [0.25, 0.3) is 5.92 Å². The standard InChI is InChI=1S/C14H19F2N3O5/c1-13(2,3)24-12(21)22-7-8-6-14(15,16)10(23-8)19-5-4-9(17)18-11(19)20/h4-5,8,10H,6-7H2,1-3H3,(H2,17,18,20). The number of ether oxygens (including phenoxy) is 3. The van der Waals surface area contributed by atoms with Crippen LogP contribution in [-0.4, -0.2) is 39.9 Å². The molecule has 2 rings (SSSR count). The number of carbonyl (C=O) groups excluding carboxylic acids is 1. The van der Waals surface area contributed by atoms with Gasteiger partial charge in [0.15, 0.2) is 0 Å². The lowest BCUT2D eigenvalue weighted by Crippen LogP contribution is -2.35. The molecule has 0 radical (unpaired) electrons. The summed E-state index contributed by atoms with van der Waals surface area (Å²) in [4.78, 5) is 26.5. The van der Waals surface area contributed by atoms with Crippen LogP contribution in [0, 0.1) is 0 Å². The molecule has 2 heterocycles. The van der Waals surface area contributed by atoms with Gasteiger partial charge in [-0.1, -0.05) is 0 Å². The molecule has 0 bridgehead atoms. The Hall–Kier alpha value is -2.23. The highest BCUT2D eigenvalue weighted by Gasteiger charge is 2.52. The van der Waals surface area contributed by atoms with Gasteiger partial charge in [-0.2, -0.15) is 4.98 Å². The molecule has 1 aromatic rings. The molecule has 1 aromatic heterocycles. The summed E-state index contributed by atoms with van der Waals surface area (Å²) in [7, 11) is 0. The van der Waals surface area contributed by atoms with Gasteiger partial charge in [0.05, 0.1) is 0 Å². The number of carbonyl (C=O) groups is 1. The van der Waals surface area contributed by atoms with Gasteiger partial charge in [-0.25, -0.2) is 18.4 Å². The molecule has 10 heteroatoms. The van der Waals surface area contributed by atoms with E-state index in [1.807, 2.05) is 0 Å². The molecule has 1 aliphatic rings. The number of nitrogens with two attached hydrogens (primary N) is 1. The van der Waals surface area contributed by atoms with Crippen LogP contribution >= 0.6 is 0 Å². The van der Waals surface area contributed by atoms with Crippen LogP contribution in [0.2, 0.25) is 0 Å². The van der Waals surface area contributed by atoms with Gasteiger partial charge in [-0.3, -0.25) is 4.57 Å². The fourth-order valence-electron chi connectivity index (χ4n) is 2.15. The molecular formula is C14H19F2N3O5. The summed E-state index contributed by atoms with van der Waals surface area (Å²) in [6.07, 6.45) is -3.53. The van der Waals surface area contributed by atoms with E-state index in [4.69, 9.17) is 19.9 Å². The lowest BCUT2D eigenvalue weighted by atomic mass is 10.2. The molecule has 2 unspecified atom stereocenters.